The van der Waals surface area contributed by atoms with E-state index in [4.69, 9.17) is 9.84 Å². The molecule has 1 spiro atoms. The SMILES string of the molecule is c1ccc(CN2CCC3(CC2)Oc2ccccc2[C@H]2CC(c4cccnc4)=NN23)cc1. The van der Waals surface area contributed by atoms with Crippen molar-refractivity contribution in [2.24, 2.45) is 5.10 Å². The zero-order valence-corrected chi connectivity index (χ0v) is 17.5. The largest absolute Gasteiger partial charge is 0.466 e. The quantitative estimate of drug-likeness (QED) is 0.632. The van der Waals surface area contributed by atoms with Gasteiger partial charge in [0.1, 0.15) is 5.75 Å². The van der Waals surface area contributed by atoms with Gasteiger partial charge in [0, 0.05) is 62.4 Å². The Labute approximate surface area is 183 Å². The van der Waals surface area contributed by atoms with Crippen LogP contribution in [0.2, 0.25) is 0 Å². The summed E-state index contributed by atoms with van der Waals surface area (Å²) in [4.78, 5) is 6.84. The Hall–Kier alpha value is -3.18. The van der Waals surface area contributed by atoms with Crippen molar-refractivity contribution in [3.05, 3.63) is 95.8 Å². The van der Waals surface area contributed by atoms with E-state index in [-0.39, 0.29) is 11.8 Å². The first-order valence-corrected chi connectivity index (χ1v) is 11.1. The molecular weight excluding hydrogens is 384 g/mol. The van der Waals surface area contributed by atoms with Gasteiger partial charge in [-0.1, -0.05) is 54.6 Å². The number of aromatic nitrogens is 1. The van der Waals surface area contributed by atoms with Crippen molar-refractivity contribution in [3.63, 3.8) is 0 Å². The maximum Gasteiger partial charge on any atom is 0.200 e. The predicted molar refractivity (Wildman–Crippen MR) is 121 cm³/mol. The molecule has 31 heavy (non-hydrogen) atoms. The fourth-order valence-electron chi connectivity index (χ4n) is 5.17. The minimum atomic E-state index is -0.379. The Balaban J connectivity index is 1.29. The molecule has 1 fully saturated rings. The van der Waals surface area contributed by atoms with Gasteiger partial charge in [0.05, 0.1) is 11.8 Å². The number of hydrazone groups is 1. The van der Waals surface area contributed by atoms with Crippen molar-refractivity contribution >= 4 is 5.71 Å². The van der Waals surface area contributed by atoms with Crippen molar-refractivity contribution in [3.8, 4) is 5.75 Å². The van der Waals surface area contributed by atoms with Gasteiger partial charge in [-0.25, -0.2) is 5.01 Å². The number of likely N-dealkylation sites (tertiary alicyclic amines) is 1. The third-order valence-corrected chi connectivity index (χ3v) is 6.79. The summed E-state index contributed by atoms with van der Waals surface area (Å²) in [5.74, 6) is 1.02. The van der Waals surface area contributed by atoms with Crippen LogP contribution >= 0.6 is 0 Å². The van der Waals surface area contributed by atoms with E-state index in [9.17, 15) is 0 Å². The van der Waals surface area contributed by atoms with Gasteiger partial charge >= 0.3 is 0 Å². The molecule has 1 aromatic heterocycles. The minimum absolute atomic E-state index is 0.223. The lowest BCUT2D eigenvalue weighted by Crippen LogP contribution is -2.59. The molecule has 0 aliphatic carbocycles. The van der Waals surface area contributed by atoms with Gasteiger partial charge in [-0.15, -0.1) is 0 Å². The Bertz CT molecular complexity index is 1090. The molecule has 6 rings (SSSR count). The van der Waals surface area contributed by atoms with Crippen LogP contribution in [0.3, 0.4) is 0 Å². The van der Waals surface area contributed by atoms with E-state index < -0.39 is 0 Å². The Kier molecular flexibility index (Phi) is 4.50. The van der Waals surface area contributed by atoms with E-state index in [1.807, 2.05) is 18.5 Å². The number of piperidine rings is 1. The zero-order valence-electron chi connectivity index (χ0n) is 17.5. The molecule has 3 aliphatic rings. The van der Waals surface area contributed by atoms with Crippen LogP contribution in [0.1, 0.15) is 42.0 Å². The fraction of sp³-hybridized carbons (Fsp3) is 0.308. The second-order valence-electron chi connectivity index (χ2n) is 8.70. The van der Waals surface area contributed by atoms with Crippen LogP contribution in [0.4, 0.5) is 0 Å². The molecule has 0 radical (unpaired) electrons. The summed E-state index contributed by atoms with van der Waals surface area (Å²) in [7, 11) is 0. The molecule has 156 valence electrons. The Morgan fingerprint density at radius 1 is 0.935 bits per heavy atom. The van der Waals surface area contributed by atoms with Gasteiger partial charge in [0.25, 0.3) is 0 Å². The van der Waals surface area contributed by atoms with E-state index in [2.05, 4.69) is 75.6 Å². The van der Waals surface area contributed by atoms with Crippen LogP contribution in [-0.4, -0.2) is 39.4 Å². The third kappa shape index (κ3) is 3.29. The number of hydrogen-bond acceptors (Lipinski definition) is 5. The van der Waals surface area contributed by atoms with Crippen molar-refractivity contribution in [1.29, 1.82) is 0 Å². The highest BCUT2D eigenvalue weighted by Crippen LogP contribution is 2.49. The smallest absolute Gasteiger partial charge is 0.200 e. The predicted octanol–water partition coefficient (Wildman–Crippen LogP) is 4.62. The molecule has 0 bridgehead atoms. The van der Waals surface area contributed by atoms with Gasteiger partial charge in [-0.2, -0.15) is 5.10 Å². The summed E-state index contributed by atoms with van der Waals surface area (Å²) in [6.07, 6.45) is 6.50. The van der Waals surface area contributed by atoms with Crippen LogP contribution in [0.15, 0.2) is 84.2 Å². The zero-order chi connectivity index (χ0) is 20.7. The number of fused-ring (bicyclic) bond motifs is 4. The first-order chi connectivity index (χ1) is 15.3. The molecule has 5 nitrogen and oxygen atoms in total. The molecule has 0 unspecified atom stereocenters. The highest BCUT2D eigenvalue weighted by atomic mass is 16.5. The van der Waals surface area contributed by atoms with Crippen LogP contribution in [0.5, 0.6) is 5.75 Å². The maximum absolute atomic E-state index is 6.73. The number of benzene rings is 2. The van der Waals surface area contributed by atoms with Gasteiger partial charge < -0.3 is 4.74 Å². The molecule has 0 N–H and O–H groups in total. The molecular formula is C26H26N4O. The molecule has 3 aromatic rings. The lowest BCUT2D eigenvalue weighted by Gasteiger charge is -2.51. The molecule has 3 aliphatic heterocycles. The third-order valence-electron chi connectivity index (χ3n) is 6.79. The second-order valence-corrected chi connectivity index (χ2v) is 8.70. The van der Waals surface area contributed by atoms with E-state index in [1.165, 1.54) is 11.1 Å². The number of pyridine rings is 1. The molecule has 4 heterocycles. The topological polar surface area (TPSA) is 41.0 Å². The van der Waals surface area contributed by atoms with Crippen molar-refractivity contribution in [2.75, 3.05) is 13.1 Å². The number of rotatable bonds is 3. The van der Waals surface area contributed by atoms with Crippen LogP contribution < -0.4 is 4.74 Å². The average molecular weight is 411 g/mol. The Morgan fingerprint density at radius 3 is 2.55 bits per heavy atom. The molecule has 2 aromatic carbocycles. The van der Waals surface area contributed by atoms with Gasteiger partial charge in [0.2, 0.25) is 5.72 Å². The summed E-state index contributed by atoms with van der Waals surface area (Å²) in [5.41, 5.74) is 4.43. The summed E-state index contributed by atoms with van der Waals surface area (Å²) in [6, 6.07) is 23.5. The molecule has 0 amide bonds. The first kappa shape index (κ1) is 18.6. The first-order valence-electron chi connectivity index (χ1n) is 11.1. The molecule has 1 atom stereocenters. The minimum Gasteiger partial charge on any atom is -0.466 e. The molecule has 5 heteroatoms. The highest BCUT2D eigenvalue weighted by Gasteiger charge is 2.51. The maximum atomic E-state index is 6.73. The number of ether oxygens (including phenoxy) is 1. The van der Waals surface area contributed by atoms with Crippen molar-refractivity contribution in [1.82, 2.24) is 14.9 Å². The van der Waals surface area contributed by atoms with Crippen molar-refractivity contribution < 1.29 is 4.74 Å². The van der Waals surface area contributed by atoms with Gasteiger partial charge in [-0.05, 0) is 17.7 Å². The number of nitrogens with zero attached hydrogens (tertiary/aromatic N) is 4. The van der Waals surface area contributed by atoms with E-state index >= 15 is 0 Å². The van der Waals surface area contributed by atoms with E-state index in [1.54, 1.807) is 0 Å². The monoisotopic (exact) mass is 410 g/mol. The summed E-state index contributed by atoms with van der Waals surface area (Å²) in [5, 5.41) is 7.41. The summed E-state index contributed by atoms with van der Waals surface area (Å²) in [6.45, 7) is 2.98. The van der Waals surface area contributed by atoms with Gasteiger partial charge in [0.15, 0.2) is 0 Å². The number of hydrogen-bond donors (Lipinski definition) is 0. The van der Waals surface area contributed by atoms with E-state index in [0.717, 1.165) is 55.9 Å². The average Bonchev–Trinajstić information content (AvgIpc) is 3.29. The summed E-state index contributed by atoms with van der Waals surface area (Å²) >= 11 is 0. The second kappa shape index (κ2) is 7.50. The molecule has 1 saturated heterocycles. The highest BCUT2D eigenvalue weighted by molar-refractivity contribution is 6.01. The van der Waals surface area contributed by atoms with Crippen LogP contribution in [-0.2, 0) is 6.54 Å². The normalized spacial score (nSPS) is 21.9. The summed E-state index contributed by atoms with van der Waals surface area (Å²) < 4.78 is 6.73. The van der Waals surface area contributed by atoms with Gasteiger partial charge in [-0.3, -0.25) is 9.88 Å². The van der Waals surface area contributed by atoms with Crippen LogP contribution in [0, 0.1) is 0 Å². The fourth-order valence-corrected chi connectivity index (χ4v) is 5.17. The number of para-hydroxylation sites is 1. The lowest BCUT2D eigenvalue weighted by molar-refractivity contribution is -0.150. The lowest BCUT2D eigenvalue weighted by atomic mass is 9.90. The standard InChI is InChI=1S/C26H26N4O/c1-2-7-20(8-3-1)19-29-15-12-26(13-16-29)30-24(22-10-4-5-11-25(22)31-26)17-23(28-30)21-9-6-14-27-18-21/h1-11,14,18,24H,12-13,15-17,19H2/t24-/m1/s1. The van der Waals surface area contributed by atoms with Crippen molar-refractivity contribution in [2.45, 2.75) is 37.6 Å². The van der Waals surface area contributed by atoms with E-state index in [0.29, 0.717) is 0 Å². The molecule has 0 saturated carbocycles. The Morgan fingerprint density at radius 2 is 1.74 bits per heavy atom. The van der Waals surface area contributed by atoms with Crippen LogP contribution in [0.25, 0.3) is 0 Å².